The zero-order valence-corrected chi connectivity index (χ0v) is 16.7. The molecule has 0 unspecified atom stereocenters. The van der Waals surface area contributed by atoms with Crippen molar-refractivity contribution in [2.45, 2.75) is 18.2 Å². The fourth-order valence-electron chi connectivity index (χ4n) is 2.89. The van der Waals surface area contributed by atoms with E-state index in [9.17, 15) is 13.2 Å². The van der Waals surface area contributed by atoms with Gasteiger partial charge in [0.1, 0.15) is 0 Å². The fourth-order valence-corrected chi connectivity index (χ4v) is 4.30. The van der Waals surface area contributed by atoms with Crippen LogP contribution in [0.4, 0.5) is 11.4 Å². The summed E-state index contributed by atoms with van der Waals surface area (Å²) in [4.78, 5) is 12.3. The molecule has 1 aliphatic heterocycles. The van der Waals surface area contributed by atoms with E-state index in [4.69, 9.17) is 4.74 Å². The van der Waals surface area contributed by atoms with Crippen molar-refractivity contribution in [3.8, 4) is 0 Å². The largest absolute Gasteiger partial charge is 0.379 e. The molecule has 0 radical (unpaired) electrons. The number of anilines is 2. The number of hydrogen-bond donors (Lipinski definition) is 2. The summed E-state index contributed by atoms with van der Waals surface area (Å²) in [7, 11) is -3.53. The van der Waals surface area contributed by atoms with E-state index in [-0.39, 0.29) is 17.3 Å². The Hall–Kier alpha value is -2.42. The number of sulfonamides is 1. The lowest BCUT2D eigenvalue weighted by molar-refractivity contribution is -0.114. The summed E-state index contributed by atoms with van der Waals surface area (Å²) in [6, 6.07) is 14.1. The SMILES string of the molecule is CCc1ccc(NCC(=O)Nc2ccc(S(=O)(=O)N3CCOCC3)cc2)cc1. The molecule has 1 aliphatic rings. The van der Waals surface area contributed by atoms with Crippen LogP contribution in [0.3, 0.4) is 0 Å². The Morgan fingerprint density at radius 2 is 1.61 bits per heavy atom. The zero-order chi connectivity index (χ0) is 20.0. The molecule has 2 N–H and O–H groups in total. The Bertz CT molecular complexity index is 890. The average molecular weight is 404 g/mol. The summed E-state index contributed by atoms with van der Waals surface area (Å²) in [5, 5.41) is 5.83. The van der Waals surface area contributed by atoms with Gasteiger partial charge in [0.15, 0.2) is 0 Å². The Morgan fingerprint density at radius 3 is 2.21 bits per heavy atom. The predicted octanol–water partition coefficient (Wildman–Crippen LogP) is 2.32. The van der Waals surface area contributed by atoms with Crippen LogP contribution in [0, 0.1) is 0 Å². The molecule has 0 atom stereocenters. The number of carbonyl (C=O) groups is 1. The molecule has 0 aromatic heterocycles. The fraction of sp³-hybridized carbons (Fsp3) is 0.350. The molecule has 1 saturated heterocycles. The van der Waals surface area contributed by atoms with E-state index in [1.807, 2.05) is 24.3 Å². The van der Waals surface area contributed by atoms with Crippen LogP contribution in [0.1, 0.15) is 12.5 Å². The lowest BCUT2D eigenvalue weighted by Gasteiger charge is -2.26. The topological polar surface area (TPSA) is 87.7 Å². The van der Waals surface area contributed by atoms with Gasteiger partial charge in [-0.05, 0) is 48.4 Å². The van der Waals surface area contributed by atoms with Crippen molar-refractivity contribution in [1.29, 1.82) is 0 Å². The van der Waals surface area contributed by atoms with E-state index in [1.165, 1.54) is 22.0 Å². The molecule has 0 aliphatic carbocycles. The van der Waals surface area contributed by atoms with Crippen LogP contribution in [0.15, 0.2) is 53.4 Å². The van der Waals surface area contributed by atoms with Crippen molar-refractivity contribution in [1.82, 2.24) is 4.31 Å². The third-order valence-electron chi connectivity index (χ3n) is 4.56. The minimum atomic E-state index is -3.53. The zero-order valence-electron chi connectivity index (χ0n) is 15.8. The third-order valence-corrected chi connectivity index (χ3v) is 6.47. The lowest BCUT2D eigenvalue weighted by atomic mass is 10.1. The second-order valence-corrected chi connectivity index (χ2v) is 8.43. The van der Waals surface area contributed by atoms with Crippen molar-refractivity contribution in [3.05, 3.63) is 54.1 Å². The highest BCUT2D eigenvalue weighted by Crippen LogP contribution is 2.19. The number of nitrogens with zero attached hydrogens (tertiary/aromatic N) is 1. The van der Waals surface area contributed by atoms with Gasteiger partial charge in [0, 0.05) is 24.5 Å². The van der Waals surface area contributed by atoms with Crippen molar-refractivity contribution < 1.29 is 17.9 Å². The maximum absolute atomic E-state index is 12.6. The first-order valence-electron chi connectivity index (χ1n) is 9.29. The molecular formula is C20H25N3O4S. The molecule has 3 rings (SSSR count). The lowest BCUT2D eigenvalue weighted by Crippen LogP contribution is -2.40. The van der Waals surface area contributed by atoms with Crippen LogP contribution >= 0.6 is 0 Å². The number of rotatable bonds is 7. The van der Waals surface area contributed by atoms with Gasteiger partial charge in [-0.3, -0.25) is 4.79 Å². The molecule has 7 nitrogen and oxygen atoms in total. The van der Waals surface area contributed by atoms with Gasteiger partial charge in [-0.2, -0.15) is 4.31 Å². The van der Waals surface area contributed by atoms with Crippen LogP contribution in [-0.4, -0.2) is 51.5 Å². The van der Waals surface area contributed by atoms with Crippen molar-refractivity contribution >= 4 is 27.3 Å². The normalized spacial score (nSPS) is 15.2. The first kappa shape index (κ1) is 20.3. The average Bonchev–Trinajstić information content (AvgIpc) is 2.73. The maximum atomic E-state index is 12.6. The van der Waals surface area contributed by atoms with E-state index in [1.54, 1.807) is 12.1 Å². The van der Waals surface area contributed by atoms with Crippen LogP contribution in [0.25, 0.3) is 0 Å². The number of aryl methyl sites for hydroxylation is 1. The van der Waals surface area contributed by atoms with Crippen molar-refractivity contribution in [2.24, 2.45) is 0 Å². The molecule has 0 saturated carbocycles. The summed E-state index contributed by atoms with van der Waals surface area (Å²) in [5.41, 5.74) is 2.66. The molecule has 8 heteroatoms. The first-order valence-corrected chi connectivity index (χ1v) is 10.7. The quantitative estimate of drug-likeness (QED) is 0.741. The monoisotopic (exact) mass is 403 g/mol. The Kier molecular flexibility index (Phi) is 6.66. The maximum Gasteiger partial charge on any atom is 0.243 e. The predicted molar refractivity (Wildman–Crippen MR) is 109 cm³/mol. The Labute approximate surface area is 165 Å². The summed E-state index contributed by atoms with van der Waals surface area (Å²) < 4.78 is 31.8. The molecule has 1 fully saturated rings. The highest BCUT2D eigenvalue weighted by Gasteiger charge is 2.26. The minimum Gasteiger partial charge on any atom is -0.379 e. The molecule has 28 heavy (non-hydrogen) atoms. The van der Waals surface area contributed by atoms with E-state index in [0.717, 1.165) is 12.1 Å². The van der Waals surface area contributed by atoms with Gasteiger partial charge in [-0.25, -0.2) is 8.42 Å². The summed E-state index contributed by atoms with van der Waals surface area (Å²) in [6.45, 7) is 3.73. The molecule has 2 aromatic carbocycles. The summed E-state index contributed by atoms with van der Waals surface area (Å²) in [5.74, 6) is -0.205. The second-order valence-electron chi connectivity index (χ2n) is 6.49. The van der Waals surface area contributed by atoms with Gasteiger partial charge in [0.05, 0.1) is 24.7 Å². The number of morpholine rings is 1. The van der Waals surface area contributed by atoms with Gasteiger partial charge in [0.25, 0.3) is 0 Å². The Morgan fingerprint density at radius 1 is 1.00 bits per heavy atom. The van der Waals surface area contributed by atoms with E-state index in [2.05, 4.69) is 17.6 Å². The van der Waals surface area contributed by atoms with E-state index < -0.39 is 10.0 Å². The molecule has 1 heterocycles. The first-order chi connectivity index (χ1) is 13.5. The number of nitrogens with one attached hydrogen (secondary N) is 2. The standard InChI is InChI=1S/C20H25N3O4S/c1-2-16-3-5-17(6-4-16)21-15-20(24)22-18-7-9-19(10-8-18)28(25,26)23-11-13-27-14-12-23/h3-10,21H,2,11-15H2,1H3,(H,22,24). The van der Waals surface area contributed by atoms with Gasteiger partial charge < -0.3 is 15.4 Å². The van der Waals surface area contributed by atoms with Gasteiger partial charge in [-0.15, -0.1) is 0 Å². The van der Waals surface area contributed by atoms with Crippen molar-refractivity contribution in [3.63, 3.8) is 0 Å². The van der Waals surface area contributed by atoms with Crippen molar-refractivity contribution in [2.75, 3.05) is 43.5 Å². The highest BCUT2D eigenvalue weighted by atomic mass is 32.2. The highest BCUT2D eigenvalue weighted by molar-refractivity contribution is 7.89. The second kappa shape index (κ2) is 9.18. The van der Waals surface area contributed by atoms with Crippen LogP contribution in [0.5, 0.6) is 0 Å². The molecule has 0 bridgehead atoms. The van der Waals surface area contributed by atoms with Gasteiger partial charge in [-0.1, -0.05) is 19.1 Å². The van der Waals surface area contributed by atoms with Crippen LogP contribution in [-0.2, 0) is 26.0 Å². The molecule has 0 spiro atoms. The number of carbonyl (C=O) groups excluding carboxylic acids is 1. The van der Waals surface area contributed by atoms with Crippen LogP contribution < -0.4 is 10.6 Å². The number of ether oxygens (including phenoxy) is 1. The molecular weight excluding hydrogens is 378 g/mol. The molecule has 150 valence electrons. The van der Waals surface area contributed by atoms with Gasteiger partial charge in [0.2, 0.25) is 15.9 Å². The minimum absolute atomic E-state index is 0.124. The Balaban J connectivity index is 1.55. The number of hydrogen-bond acceptors (Lipinski definition) is 5. The number of amides is 1. The van der Waals surface area contributed by atoms with E-state index in [0.29, 0.717) is 32.0 Å². The smallest absolute Gasteiger partial charge is 0.243 e. The summed E-state index contributed by atoms with van der Waals surface area (Å²) >= 11 is 0. The number of benzene rings is 2. The van der Waals surface area contributed by atoms with E-state index >= 15 is 0 Å². The molecule has 1 amide bonds. The molecule has 2 aromatic rings. The third kappa shape index (κ3) is 5.09. The van der Waals surface area contributed by atoms with Gasteiger partial charge >= 0.3 is 0 Å². The summed E-state index contributed by atoms with van der Waals surface area (Å²) in [6.07, 6.45) is 0.970. The van der Waals surface area contributed by atoms with Crippen LogP contribution in [0.2, 0.25) is 0 Å².